The zero-order valence-electron chi connectivity index (χ0n) is 10.0. The molecular weight excluding hydrogens is 248 g/mol. The lowest BCUT2D eigenvalue weighted by molar-refractivity contribution is 0.729. The summed E-state index contributed by atoms with van der Waals surface area (Å²) in [4.78, 5) is 5.74. The fraction of sp³-hybridized carbons (Fsp3) is 0.308. The highest BCUT2D eigenvalue weighted by atomic mass is 32.2. The standard InChI is InChI=1S/C13H16N2S2/c1-9(14)7-11-5-3-4-6-12(11)17-13-15-10(2)8-16-13/h3-6,8-9H,7,14H2,1-2H3. The molecule has 0 bridgehead atoms. The molecule has 0 saturated carbocycles. The van der Waals surface area contributed by atoms with E-state index in [0.717, 1.165) is 16.5 Å². The molecule has 17 heavy (non-hydrogen) atoms. The number of rotatable bonds is 4. The molecular formula is C13H16N2S2. The van der Waals surface area contributed by atoms with Crippen LogP contribution >= 0.6 is 23.1 Å². The third kappa shape index (κ3) is 3.56. The van der Waals surface area contributed by atoms with Crippen molar-refractivity contribution in [2.75, 3.05) is 0 Å². The second kappa shape index (κ2) is 5.67. The van der Waals surface area contributed by atoms with E-state index >= 15 is 0 Å². The van der Waals surface area contributed by atoms with Gasteiger partial charge in [-0.05, 0) is 31.9 Å². The van der Waals surface area contributed by atoms with Crippen molar-refractivity contribution < 1.29 is 0 Å². The largest absolute Gasteiger partial charge is 0.328 e. The van der Waals surface area contributed by atoms with Gasteiger partial charge in [-0.3, -0.25) is 0 Å². The van der Waals surface area contributed by atoms with E-state index in [-0.39, 0.29) is 6.04 Å². The van der Waals surface area contributed by atoms with Gasteiger partial charge in [-0.25, -0.2) is 4.98 Å². The number of aromatic nitrogens is 1. The SMILES string of the molecule is Cc1csc(Sc2ccccc2CC(C)N)n1. The maximum absolute atomic E-state index is 5.87. The summed E-state index contributed by atoms with van der Waals surface area (Å²) in [7, 11) is 0. The topological polar surface area (TPSA) is 38.9 Å². The van der Waals surface area contributed by atoms with Crippen molar-refractivity contribution in [3.05, 3.63) is 40.9 Å². The molecule has 1 aromatic heterocycles. The quantitative estimate of drug-likeness (QED) is 0.918. The number of nitrogens with zero attached hydrogens (tertiary/aromatic N) is 1. The van der Waals surface area contributed by atoms with Gasteiger partial charge in [0.15, 0.2) is 4.34 Å². The van der Waals surface area contributed by atoms with Crippen molar-refractivity contribution in [3.63, 3.8) is 0 Å². The van der Waals surface area contributed by atoms with E-state index in [1.807, 2.05) is 13.8 Å². The summed E-state index contributed by atoms with van der Waals surface area (Å²) in [5, 5.41) is 2.08. The van der Waals surface area contributed by atoms with Crippen LogP contribution < -0.4 is 5.73 Å². The Labute approximate surface area is 110 Å². The summed E-state index contributed by atoms with van der Waals surface area (Å²) in [5.74, 6) is 0. The second-order valence-corrected chi connectivity index (χ2v) is 6.29. The maximum Gasteiger partial charge on any atom is 0.154 e. The van der Waals surface area contributed by atoms with Crippen LogP contribution in [0.1, 0.15) is 18.2 Å². The van der Waals surface area contributed by atoms with E-state index in [0.29, 0.717) is 0 Å². The molecule has 1 unspecified atom stereocenters. The predicted octanol–water partition coefficient (Wildman–Crippen LogP) is 3.49. The highest BCUT2D eigenvalue weighted by Gasteiger charge is 2.07. The van der Waals surface area contributed by atoms with Crippen molar-refractivity contribution >= 4 is 23.1 Å². The van der Waals surface area contributed by atoms with Crippen LogP contribution in [0.5, 0.6) is 0 Å². The molecule has 0 fully saturated rings. The minimum absolute atomic E-state index is 0.190. The zero-order chi connectivity index (χ0) is 12.3. The third-order valence-corrected chi connectivity index (χ3v) is 4.48. The van der Waals surface area contributed by atoms with Crippen LogP contribution in [-0.4, -0.2) is 11.0 Å². The van der Waals surface area contributed by atoms with E-state index in [1.165, 1.54) is 10.5 Å². The molecule has 1 heterocycles. The first kappa shape index (κ1) is 12.6. The van der Waals surface area contributed by atoms with Crippen LogP contribution in [0.15, 0.2) is 38.9 Å². The van der Waals surface area contributed by atoms with Crippen molar-refractivity contribution in [1.29, 1.82) is 0 Å². The minimum Gasteiger partial charge on any atom is -0.328 e. The summed E-state index contributed by atoms with van der Waals surface area (Å²) < 4.78 is 1.10. The summed E-state index contributed by atoms with van der Waals surface area (Å²) in [6, 6.07) is 8.60. The lowest BCUT2D eigenvalue weighted by Gasteiger charge is -2.09. The molecule has 0 amide bonds. The van der Waals surface area contributed by atoms with Crippen LogP contribution in [0.4, 0.5) is 0 Å². The van der Waals surface area contributed by atoms with E-state index in [1.54, 1.807) is 23.1 Å². The fourth-order valence-electron chi connectivity index (χ4n) is 1.59. The van der Waals surface area contributed by atoms with E-state index < -0.39 is 0 Å². The van der Waals surface area contributed by atoms with Crippen LogP contribution in [-0.2, 0) is 6.42 Å². The first-order chi connectivity index (χ1) is 8.15. The number of benzene rings is 1. The molecule has 2 nitrogen and oxygen atoms in total. The molecule has 2 rings (SSSR count). The number of thiazole rings is 1. The van der Waals surface area contributed by atoms with Gasteiger partial charge in [-0.15, -0.1) is 11.3 Å². The van der Waals surface area contributed by atoms with Crippen LogP contribution in [0.3, 0.4) is 0 Å². The molecule has 2 aromatic rings. The Balaban J connectivity index is 2.20. The highest BCUT2D eigenvalue weighted by molar-refractivity contribution is 8.01. The molecule has 0 saturated heterocycles. The molecule has 0 spiro atoms. The summed E-state index contributed by atoms with van der Waals surface area (Å²) >= 11 is 3.42. The maximum atomic E-state index is 5.87. The molecule has 0 radical (unpaired) electrons. The van der Waals surface area contributed by atoms with Gasteiger partial charge < -0.3 is 5.73 Å². The fourth-order valence-corrected chi connectivity index (χ4v) is 3.53. The van der Waals surface area contributed by atoms with Crippen molar-refractivity contribution in [1.82, 2.24) is 4.98 Å². The van der Waals surface area contributed by atoms with E-state index in [2.05, 4.69) is 34.6 Å². The lowest BCUT2D eigenvalue weighted by Crippen LogP contribution is -2.18. The number of aryl methyl sites for hydroxylation is 1. The molecule has 0 aliphatic carbocycles. The molecule has 90 valence electrons. The Bertz CT molecular complexity index is 492. The third-order valence-electron chi connectivity index (χ3n) is 2.31. The van der Waals surface area contributed by atoms with E-state index in [9.17, 15) is 0 Å². The van der Waals surface area contributed by atoms with Crippen LogP contribution in [0.25, 0.3) is 0 Å². The summed E-state index contributed by atoms with van der Waals surface area (Å²) in [5.41, 5.74) is 8.26. The highest BCUT2D eigenvalue weighted by Crippen LogP contribution is 2.32. The van der Waals surface area contributed by atoms with Gasteiger partial charge in [0.05, 0.1) is 0 Å². The van der Waals surface area contributed by atoms with Gasteiger partial charge in [0.1, 0.15) is 0 Å². The first-order valence-corrected chi connectivity index (χ1v) is 7.28. The van der Waals surface area contributed by atoms with Gasteiger partial charge in [0, 0.05) is 22.0 Å². The summed E-state index contributed by atoms with van der Waals surface area (Å²) in [6.07, 6.45) is 0.910. The number of hydrogen-bond acceptors (Lipinski definition) is 4. The predicted molar refractivity (Wildman–Crippen MR) is 74.8 cm³/mol. The van der Waals surface area contributed by atoms with Crippen LogP contribution in [0, 0.1) is 6.92 Å². The minimum atomic E-state index is 0.190. The van der Waals surface area contributed by atoms with Gasteiger partial charge >= 0.3 is 0 Å². The first-order valence-electron chi connectivity index (χ1n) is 5.58. The second-order valence-electron chi connectivity index (χ2n) is 4.15. The van der Waals surface area contributed by atoms with E-state index in [4.69, 9.17) is 5.73 Å². The van der Waals surface area contributed by atoms with Crippen molar-refractivity contribution in [3.8, 4) is 0 Å². The Morgan fingerprint density at radius 1 is 1.41 bits per heavy atom. The smallest absolute Gasteiger partial charge is 0.154 e. The molecule has 1 aromatic carbocycles. The Morgan fingerprint density at radius 3 is 2.82 bits per heavy atom. The van der Waals surface area contributed by atoms with Crippen molar-refractivity contribution in [2.45, 2.75) is 35.5 Å². The van der Waals surface area contributed by atoms with Gasteiger partial charge in [-0.1, -0.05) is 30.0 Å². The van der Waals surface area contributed by atoms with Crippen molar-refractivity contribution in [2.24, 2.45) is 5.73 Å². The Kier molecular flexibility index (Phi) is 4.20. The molecule has 4 heteroatoms. The summed E-state index contributed by atoms with van der Waals surface area (Å²) in [6.45, 7) is 4.06. The van der Waals surface area contributed by atoms with Crippen LogP contribution in [0.2, 0.25) is 0 Å². The number of nitrogens with two attached hydrogens (primary N) is 1. The molecule has 0 aliphatic heterocycles. The normalized spacial score (nSPS) is 12.6. The Hall–Kier alpha value is -0.840. The van der Waals surface area contributed by atoms with Gasteiger partial charge in [0.25, 0.3) is 0 Å². The molecule has 0 aliphatic rings. The average Bonchev–Trinajstić information content (AvgIpc) is 2.66. The molecule has 1 atom stereocenters. The number of hydrogen-bond donors (Lipinski definition) is 1. The molecule has 2 N–H and O–H groups in total. The Morgan fingerprint density at radius 2 is 2.18 bits per heavy atom. The monoisotopic (exact) mass is 264 g/mol. The van der Waals surface area contributed by atoms with Gasteiger partial charge in [0.2, 0.25) is 0 Å². The average molecular weight is 264 g/mol. The lowest BCUT2D eigenvalue weighted by atomic mass is 10.1. The van der Waals surface area contributed by atoms with Gasteiger partial charge in [-0.2, -0.15) is 0 Å². The zero-order valence-corrected chi connectivity index (χ0v) is 11.6.